The number of carbonyl (C=O) groups is 2. The van der Waals surface area contributed by atoms with Crippen molar-refractivity contribution < 1.29 is 14.5 Å². The average molecular weight is 294 g/mol. The Morgan fingerprint density at radius 3 is 2.81 bits per heavy atom. The van der Waals surface area contributed by atoms with Gasteiger partial charge in [0.1, 0.15) is 12.2 Å². The second-order valence-electron chi connectivity index (χ2n) is 4.46. The molecule has 2 heterocycles. The minimum absolute atomic E-state index is 0.0551. The number of likely N-dealkylation sites (tertiary alicyclic amines) is 1. The van der Waals surface area contributed by atoms with Crippen LogP contribution in [0.5, 0.6) is 0 Å². The van der Waals surface area contributed by atoms with E-state index in [2.05, 4.69) is 20.6 Å². The number of likely N-dealkylation sites (N-methyl/N-ethyl adjacent to an activating group) is 1. The lowest BCUT2D eigenvalue weighted by Crippen LogP contribution is -2.48. The summed E-state index contributed by atoms with van der Waals surface area (Å²) >= 11 is 0. The van der Waals surface area contributed by atoms with E-state index in [1.165, 1.54) is 7.05 Å². The molecule has 1 fully saturated rings. The van der Waals surface area contributed by atoms with Gasteiger partial charge in [-0.15, -0.1) is 0 Å². The number of amides is 2. The molecule has 1 unspecified atom stereocenters. The molecule has 1 aliphatic heterocycles. The van der Waals surface area contributed by atoms with Crippen LogP contribution in [0.2, 0.25) is 0 Å². The molecule has 0 bridgehead atoms. The Morgan fingerprint density at radius 2 is 2.19 bits per heavy atom. The highest BCUT2D eigenvalue weighted by Gasteiger charge is 2.33. The number of imide groups is 1. The van der Waals surface area contributed by atoms with Gasteiger partial charge < -0.3 is 10.6 Å². The van der Waals surface area contributed by atoms with Crippen LogP contribution in [0, 0.1) is 10.1 Å². The molecule has 0 spiro atoms. The van der Waals surface area contributed by atoms with Crippen molar-refractivity contribution in [3.05, 3.63) is 16.3 Å². The van der Waals surface area contributed by atoms with Crippen LogP contribution in [0.4, 0.5) is 17.5 Å². The zero-order chi connectivity index (χ0) is 15.6. The third-order valence-electron chi connectivity index (χ3n) is 3.15. The topological polar surface area (TPSA) is 130 Å². The molecule has 21 heavy (non-hydrogen) atoms. The SMILES string of the molecule is CNc1ncc([N+](=O)[O-])c(NC2CCC(=O)N(C)C2=O)n1. The summed E-state index contributed by atoms with van der Waals surface area (Å²) in [6.07, 6.45) is 1.51. The molecule has 1 aliphatic rings. The highest BCUT2D eigenvalue weighted by atomic mass is 16.6. The summed E-state index contributed by atoms with van der Waals surface area (Å²) in [5, 5.41) is 16.4. The molecule has 0 radical (unpaired) electrons. The van der Waals surface area contributed by atoms with E-state index in [-0.39, 0.29) is 36.2 Å². The molecule has 112 valence electrons. The third kappa shape index (κ3) is 2.88. The Balaban J connectivity index is 2.28. The molecule has 1 atom stereocenters. The summed E-state index contributed by atoms with van der Waals surface area (Å²) in [4.78, 5) is 42.5. The van der Waals surface area contributed by atoms with Crippen LogP contribution in [-0.2, 0) is 9.59 Å². The van der Waals surface area contributed by atoms with Crippen LogP contribution in [0.3, 0.4) is 0 Å². The van der Waals surface area contributed by atoms with Crippen molar-refractivity contribution in [2.24, 2.45) is 0 Å². The zero-order valence-corrected chi connectivity index (χ0v) is 11.5. The first-order valence-corrected chi connectivity index (χ1v) is 6.20. The van der Waals surface area contributed by atoms with E-state index in [4.69, 9.17) is 0 Å². The number of piperidine rings is 1. The predicted octanol–water partition coefficient (Wildman–Crippen LogP) is -0.0142. The van der Waals surface area contributed by atoms with Gasteiger partial charge in [-0.2, -0.15) is 4.98 Å². The first kappa shape index (κ1) is 14.6. The first-order chi connectivity index (χ1) is 9.93. The number of nitrogens with one attached hydrogen (secondary N) is 2. The molecule has 1 aromatic rings. The van der Waals surface area contributed by atoms with E-state index in [9.17, 15) is 19.7 Å². The van der Waals surface area contributed by atoms with Crippen LogP contribution in [-0.4, -0.2) is 51.7 Å². The lowest BCUT2D eigenvalue weighted by atomic mass is 10.0. The molecular weight excluding hydrogens is 280 g/mol. The Hall–Kier alpha value is -2.78. The molecule has 0 aromatic carbocycles. The monoisotopic (exact) mass is 294 g/mol. The van der Waals surface area contributed by atoms with Crippen LogP contribution in [0.1, 0.15) is 12.8 Å². The van der Waals surface area contributed by atoms with Crippen molar-refractivity contribution in [1.29, 1.82) is 0 Å². The van der Waals surface area contributed by atoms with E-state index in [0.29, 0.717) is 0 Å². The largest absolute Gasteiger partial charge is 0.357 e. The number of hydrogen-bond donors (Lipinski definition) is 2. The molecule has 2 amide bonds. The summed E-state index contributed by atoms with van der Waals surface area (Å²) in [6, 6.07) is -0.731. The fraction of sp³-hybridized carbons (Fsp3) is 0.455. The molecule has 2 rings (SSSR count). The van der Waals surface area contributed by atoms with Crippen molar-refractivity contribution in [3.8, 4) is 0 Å². The van der Waals surface area contributed by atoms with E-state index in [1.807, 2.05) is 0 Å². The van der Waals surface area contributed by atoms with Gasteiger partial charge in [-0.05, 0) is 6.42 Å². The smallest absolute Gasteiger partial charge is 0.329 e. The van der Waals surface area contributed by atoms with E-state index >= 15 is 0 Å². The second kappa shape index (κ2) is 5.69. The van der Waals surface area contributed by atoms with Gasteiger partial charge in [0.05, 0.1) is 4.92 Å². The predicted molar refractivity (Wildman–Crippen MR) is 72.7 cm³/mol. The molecule has 1 aromatic heterocycles. The van der Waals surface area contributed by atoms with Crippen LogP contribution in [0.15, 0.2) is 6.20 Å². The highest BCUT2D eigenvalue weighted by molar-refractivity contribution is 6.01. The van der Waals surface area contributed by atoms with Crippen molar-refractivity contribution in [3.63, 3.8) is 0 Å². The molecule has 1 saturated heterocycles. The first-order valence-electron chi connectivity index (χ1n) is 6.20. The van der Waals surface area contributed by atoms with E-state index < -0.39 is 16.9 Å². The van der Waals surface area contributed by atoms with Gasteiger partial charge in [0.25, 0.3) is 5.91 Å². The second-order valence-corrected chi connectivity index (χ2v) is 4.46. The standard InChI is InChI=1S/C11H14N6O4/c1-12-11-13-5-7(17(20)21)9(15-11)14-6-3-4-8(18)16(2)10(6)19/h5-6H,3-4H2,1-2H3,(H2,12,13,14,15). The maximum absolute atomic E-state index is 12.0. The van der Waals surface area contributed by atoms with Crippen molar-refractivity contribution in [1.82, 2.24) is 14.9 Å². The summed E-state index contributed by atoms with van der Waals surface area (Å²) in [5.74, 6) is -0.576. The molecule has 0 aliphatic carbocycles. The number of hydrogen-bond acceptors (Lipinski definition) is 8. The van der Waals surface area contributed by atoms with Gasteiger partial charge in [-0.25, -0.2) is 4.98 Å². The van der Waals surface area contributed by atoms with Crippen molar-refractivity contribution in [2.45, 2.75) is 18.9 Å². The third-order valence-corrected chi connectivity index (χ3v) is 3.15. The molecule has 2 N–H and O–H groups in total. The summed E-state index contributed by atoms with van der Waals surface area (Å²) in [6.45, 7) is 0. The number of anilines is 2. The Labute approximate surface area is 119 Å². The molecule has 0 saturated carbocycles. The summed E-state index contributed by atoms with van der Waals surface area (Å²) < 4.78 is 0. The molecule has 10 nitrogen and oxygen atoms in total. The maximum atomic E-state index is 12.0. The van der Waals surface area contributed by atoms with Gasteiger partial charge in [0.15, 0.2) is 0 Å². The number of nitrogens with zero attached hydrogens (tertiary/aromatic N) is 4. The van der Waals surface area contributed by atoms with Gasteiger partial charge >= 0.3 is 5.69 Å². The quantitative estimate of drug-likeness (QED) is 0.450. The van der Waals surface area contributed by atoms with Gasteiger partial charge in [0, 0.05) is 20.5 Å². The minimum Gasteiger partial charge on any atom is -0.357 e. The van der Waals surface area contributed by atoms with Gasteiger partial charge in [0.2, 0.25) is 17.7 Å². The fourth-order valence-corrected chi connectivity index (χ4v) is 1.95. The van der Waals surface area contributed by atoms with E-state index in [0.717, 1.165) is 11.1 Å². The Morgan fingerprint density at radius 1 is 1.48 bits per heavy atom. The summed E-state index contributed by atoms with van der Waals surface area (Å²) in [5.41, 5.74) is -0.332. The number of nitro groups is 1. The van der Waals surface area contributed by atoms with Crippen LogP contribution >= 0.6 is 0 Å². The fourth-order valence-electron chi connectivity index (χ4n) is 1.95. The Bertz CT molecular complexity index is 604. The van der Waals surface area contributed by atoms with Crippen molar-refractivity contribution in [2.75, 3.05) is 24.7 Å². The molecular formula is C11H14N6O4. The highest BCUT2D eigenvalue weighted by Crippen LogP contribution is 2.25. The normalized spacial score (nSPS) is 18.6. The lowest BCUT2D eigenvalue weighted by Gasteiger charge is -2.28. The van der Waals surface area contributed by atoms with E-state index in [1.54, 1.807) is 7.05 Å². The number of carbonyl (C=O) groups excluding carboxylic acids is 2. The maximum Gasteiger partial charge on any atom is 0.329 e. The number of aromatic nitrogens is 2. The number of rotatable bonds is 4. The summed E-state index contributed by atoms with van der Waals surface area (Å²) in [7, 11) is 2.95. The average Bonchev–Trinajstić information content (AvgIpc) is 2.47. The van der Waals surface area contributed by atoms with Crippen molar-refractivity contribution >= 4 is 29.3 Å². The minimum atomic E-state index is -0.731. The van der Waals surface area contributed by atoms with Gasteiger partial charge in [-0.3, -0.25) is 24.6 Å². The Kier molecular flexibility index (Phi) is 3.96. The lowest BCUT2D eigenvalue weighted by molar-refractivity contribution is -0.384. The van der Waals surface area contributed by atoms with Crippen LogP contribution in [0.25, 0.3) is 0 Å². The zero-order valence-electron chi connectivity index (χ0n) is 11.5. The van der Waals surface area contributed by atoms with Crippen LogP contribution < -0.4 is 10.6 Å². The molecule has 10 heteroatoms. The van der Waals surface area contributed by atoms with Gasteiger partial charge in [-0.1, -0.05) is 0 Å².